The Bertz CT molecular complexity index is 972. The second kappa shape index (κ2) is 10.6. The van der Waals surface area contributed by atoms with Crippen LogP contribution in [-0.4, -0.2) is 64.2 Å². The molecule has 0 aliphatic carbocycles. The van der Waals surface area contributed by atoms with Crippen LogP contribution in [0.2, 0.25) is 5.02 Å². The Labute approximate surface area is 200 Å². The number of amides is 2. The second-order valence-corrected chi connectivity index (χ2v) is 9.72. The Kier molecular flexibility index (Phi) is 7.58. The summed E-state index contributed by atoms with van der Waals surface area (Å²) in [5.41, 5.74) is 0.150. The van der Waals surface area contributed by atoms with Gasteiger partial charge in [-0.15, -0.1) is 0 Å². The number of hydrogen-bond acceptors (Lipinski definition) is 4. The van der Waals surface area contributed by atoms with Crippen molar-refractivity contribution in [1.29, 1.82) is 0 Å². The Morgan fingerprint density at radius 1 is 1.12 bits per heavy atom. The van der Waals surface area contributed by atoms with Gasteiger partial charge in [-0.25, -0.2) is 0 Å². The van der Waals surface area contributed by atoms with Crippen LogP contribution in [0.4, 0.5) is 0 Å². The van der Waals surface area contributed by atoms with E-state index in [2.05, 4.69) is 5.10 Å². The average Bonchev–Trinajstić information content (AvgIpc) is 3.32. The quantitative estimate of drug-likeness (QED) is 0.603. The molecular weight excluding hydrogens is 440 g/mol. The Morgan fingerprint density at radius 2 is 1.91 bits per heavy atom. The van der Waals surface area contributed by atoms with E-state index in [-0.39, 0.29) is 11.8 Å². The number of hydrogen-bond donors (Lipinski definition) is 0. The molecule has 1 aromatic carbocycles. The summed E-state index contributed by atoms with van der Waals surface area (Å²) in [6.07, 6.45) is 8.77. The van der Waals surface area contributed by atoms with Crippen LogP contribution in [0.15, 0.2) is 36.7 Å². The van der Waals surface area contributed by atoms with Crippen molar-refractivity contribution in [3.05, 3.63) is 47.2 Å². The number of piperidine rings is 2. The van der Waals surface area contributed by atoms with E-state index in [0.717, 1.165) is 45.3 Å². The first-order chi connectivity index (χ1) is 16.0. The van der Waals surface area contributed by atoms with E-state index in [1.54, 1.807) is 23.1 Å². The van der Waals surface area contributed by atoms with E-state index in [1.165, 1.54) is 6.42 Å². The van der Waals surface area contributed by atoms with Crippen LogP contribution in [-0.2, 0) is 11.3 Å². The molecular formula is C25H33ClN4O3. The second-order valence-electron chi connectivity index (χ2n) is 9.28. The monoisotopic (exact) mass is 472 g/mol. The lowest BCUT2D eigenvalue weighted by Gasteiger charge is -2.43. The third-order valence-corrected chi connectivity index (χ3v) is 6.96. The summed E-state index contributed by atoms with van der Waals surface area (Å²) in [6, 6.07) is 7.32. The van der Waals surface area contributed by atoms with Gasteiger partial charge in [0.05, 0.1) is 18.4 Å². The van der Waals surface area contributed by atoms with Crippen LogP contribution in [0.1, 0.15) is 55.8 Å². The van der Waals surface area contributed by atoms with Gasteiger partial charge in [0, 0.05) is 55.8 Å². The minimum absolute atomic E-state index is 0.0352. The summed E-state index contributed by atoms with van der Waals surface area (Å²) >= 11 is 6.13. The van der Waals surface area contributed by atoms with Crippen molar-refractivity contribution >= 4 is 23.4 Å². The number of nitrogens with zero attached hydrogens (tertiary/aromatic N) is 4. The summed E-state index contributed by atoms with van der Waals surface area (Å²) in [7, 11) is 0. The summed E-state index contributed by atoms with van der Waals surface area (Å²) in [5, 5.41) is 4.86. The Morgan fingerprint density at radius 3 is 2.64 bits per heavy atom. The Balaban J connectivity index is 1.52. The van der Waals surface area contributed by atoms with Gasteiger partial charge in [-0.3, -0.25) is 14.3 Å². The lowest BCUT2D eigenvalue weighted by Crippen LogP contribution is -2.51. The normalized spacial score (nSPS) is 21.2. The molecule has 2 saturated heterocycles. The molecule has 178 valence electrons. The van der Waals surface area contributed by atoms with Gasteiger partial charge in [0.25, 0.3) is 5.91 Å². The van der Waals surface area contributed by atoms with E-state index in [4.69, 9.17) is 16.3 Å². The molecule has 33 heavy (non-hydrogen) atoms. The third kappa shape index (κ3) is 5.88. The molecule has 0 bridgehead atoms. The zero-order valence-corrected chi connectivity index (χ0v) is 20.1. The van der Waals surface area contributed by atoms with Crippen molar-refractivity contribution in [2.45, 2.75) is 52.0 Å². The van der Waals surface area contributed by atoms with Crippen molar-refractivity contribution in [1.82, 2.24) is 19.6 Å². The lowest BCUT2D eigenvalue weighted by atomic mass is 9.77. The van der Waals surface area contributed by atoms with E-state index >= 15 is 0 Å². The van der Waals surface area contributed by atoms with Crippen LogP contribution in [0.5, 0.6) is 5.75 Å². The fourth-order valence-electron chi connectivity index (χ4n) is 4.89. The predicted octanol–water partition coefficient (Wildman–Crippen LogP) is 4.26. The molecule has 2 aliphatic heterocycles. The Hall–Kier alpha value is -2.54. The molecule has 1 aromatic heterocycles. The van der Waals surface area contributed by atoms with E-state index in [9.17, 15) is 9.59 Å². The predicted molar refractivity (Wildman–Crippen MR) is 127 cm³/mol. The van der Waals surface area contributed by atoms with Crippen molar-refractivity contribution in [3.8, 4) is 5.75 Å². The van der Waals surface area contributed by atoms with Gasteiger partial charge >= 0.3 is 0 Å². The molecule has 2 fully saturated rings. The third-order valence-electron chi connectivity index (χ3n) is 6.73. The molecule has 0 saturated carbocycles. The molecule has 2 aromatic rings. The van der Waals surface area contributed by atoms with Crippen molar-refractivity contribution in [2.24, 2.45) is 5.41 Å². The minimum atomic E-state index is -0.439. The SMILES string of the molecule is CCn1cc(C(=O)N2CCCC(COc3cccc(Cl)c3)(CC(=O)N3CCCCC3)C2)cn1. The maximum Gasteiger partial charge on any atom is 0.257 e. The van der Waals surface area contributed by atoms with E-state index in [0.29, 0.717) is 42.5 Å². The number of halogens is 1. The number of benzene rings is 1. The number of aromatic nitrogens is 2. The molecule has 0 N–H and O–H groups in total. The van der Waals surface area contributed by atoms with Crippen molar-refractivity contribution < 1.29 is 14.3 Å². The highest BCUT2D eigenvalue weighted by Gasteiger charge is 2.41. The summed E-state index contributed by atoms with van der Waals surface area (Å²) in [4.78, 5) is 30.3. The largest absolute Gasteiger partial charge is 0.493 e. The first kappa shape index (κ1) is 23.6. The number of ether oxygens (including phenoxy) is 1. The standard InChI is InChI=1S/C25H33ClN4O3/c1-2-30-17-20(16-27-30)24(32)29-13-7-10-25(18-29,15-23(31)28-11-4-3-5-12-28)19-33-22-9-6-8-21(26)14-22/h6,8-9,14,16-17H,2-5,7,10-13,15,18-19H2,1H3. The van der Waals surface area contributed by atoms with Gasteiger partial charge in [0.15, 0.2) is 0 Å². The number of likely N-dealkylation sites (tertiary alicyclic amines) is 2. The highest BCUT2D eigenvalue weighted by atomic mass is 35.5. The van der Waals surface area contributed by atoms with Gasteiger partial charge in [0.1, 0.15) is 5.75 Å². The molecule has 0 radical (unpaired) electrons. The molecule has 8 heteroatoms. The molecule has 1 atom stereocenters. The zero-order chi connectivity index (χ0) is 23.3. The maximum absolute atomic E-state index is 13.3. The lowest BCUT2D eigenvalue weighted by molar-refractivity contribution is -0.136. The first-order valence-corrected chi connectivity index (χ1v) is 12.3. The van der Waals surface area contributed by atoms with Crippen molar-refractivity contribution in [3.63, 3.8) is 0 Å². The van der Waals surface area contributed by atoms with Crippen LogP contribution in [0.25, 0.3) is 0 Å². The number of aryl methyl sites for hydroxylation is 1. The van der Waals surface area contributed by atoms with Gasteiger partial charge in [-0.2, -0.15) is 5.10 Å². The van der Waals surface area contributed by atoms with Crippen LogP contribution in [0.3, 0.4) is 0 Å². The maximum atomic E-state index is 13.3. The van der Waals surface area contributed by atoms with Gasteiger partial charge in [-0.05, 0) is 57.2 Å². The van der Waals surface area contributed by atoms with Crippen LogP contribution < -0.4 is 4.74 Å². The number of carbonyl (C=O) groups excluding carboxylic acids is 2. The van der Waals surface area contributed by atoms with Crippen LogP contribution >= 0.6 is 11.6 Å². The number of rotatable bonds is 7. The van der Waals surface area contributed by atoms with Gasteiger partial charge < -0.3 is 14.5 Å². The minimum Gasteiger partial charge on any atom is -0.493 e. The zero-order valence-electron chi connectivity index (χ0n) is 19.3. The molecule has 3 heterocycles. The molecule has 1 unspecified atom stereocenters. The fourth-order valence-corrected chi connectivity index (χ4v) is 5.07. The van der Waals surface area contributed by atoms with Crippen molar-refractivity contribution in [2.75, 3.05) is 32.8 Å². The summed E-state index contributed by atoms with van der Waals surface area (Å²) < 4.78 is 7.92. The molecule has 2 amide bonds. The van der Waals surface area contributed by atoms with Crippen LogP contribution in [0, 0.1) is 5.41 Å². The smallest absolute Gasteiger partial charge is 0.257 e. The number of carbonyl (C=O) groups is 2. The van der Waals surface area contributed by atoms with Gasteiger partial charge in [-0.1, -0.05) is 17.7 Å². The van der Waals surface area contributed by atoms with E-state index < -0.39 is 5.41 Å². The highest BCUT2D eigenvalue weighted by molar-refractivity contribution is 6.30. The van der Waals surface area contributed by atoms with E-state index in [1.807, 2.05) is 34.9 Å². The molecule has 7 nitrogen and oxygen atoms in total. The molecule has 4 rings (SSSR count). The first-order valence-electron chi connectivity index (χ1n) is 12.0. The van der Waals surface area contributed by atoms with Gasteiger partial charge in [0.2, 0.25) is 5.91 Å². The summed E-state index contributed by atoms with van der Waals surface area (Å²) in [5.74, 6) is 0.810. The fraction of sp³-hybridized carbons (Fsp3) is 0.560. The summed E-state index contributed by atoms with van der Waals surface area (Å²) in [6.45, 7) is 5.88. The highest BCUT2D eigenvalue weighted by Crippen LogP contribution is 2.36. The average molecular weight is 473 g/mol. The topological polar surface area (TPSA) is 67.7 Å². The molecule has 2 aliphatic rings. The molecule has 0 spiro atoms.